The Morgan fingerprint density at radius 3 is 2.23 bits per heavy atom. The average Bonchev–Trinajstić information content (AvgIpc) is 3.51. The van der Waals surface area contributed by atoms with E-state index in [-0.39, 0.29) is 16.0 Å². The van der Waals surface area contributed by atoms with Crippen LogP contribution in [-0.2, 0) is 10.0 Å². The fourth-order valence-electron chi connectivity index (χ4n) is 3.39. The highest BCUT2D eigenvalue weighted by Crippen LogP contribution is 2.22. The van der Waals surface area contributed by atoms with E-state index >= 15 is 0 Å². The Morgan fingerprint density at radius 1 is 0.903 bits per heavy atom. The van der Waals surface area contributed by atoms with E-state index in [1.807, 2.05) is 30.3 Å². The number of carbonyl (C=O) groups is 2. The number of nitrogens with one attached hydrogen (secondary N) is 3. The summed E-state index contributed by atoms with van der Waals surface area (Å²) in [6.07, 6.45) is 3.08. The number of H-pyrrole nitrogens is 1. The van der Waals surface area contributed by atoms with Crippen LogP contribution in [-0.4, -0.2) is 47.8 Å². The molecular formula is C21H21N5O4S. The van der Waals surface area contributed by atoms with Crippen molar-refractivity contribution in [2.45, 2.75) is 17.7 Å². The molecule has 31 heavy (non-hydrogen) atoms. The zero-order valence-electron chi connectivity index (χ0n) is 16.5. The van der Waals surface area contributed by atoms with E-state index in [2.05, 4.69) is 21.0 Å². The monoisotopic (exact) mass is 439 g/mol. The number of carbonyl (C=O) groups excluding carboxylic acids is 2. The van der Waals surface area contributed by atoms with Crippen molar-refractivity contribution in [3.8, 4) is 11.3 Å². The van der Waals surface area contributed by atoms with Gasteiger partial charge in [0.1, 0.15) is 0 Å². The highest BCUT2D eigenvalue weighted by molar-refractivity contribution is 7.89. The minimum absolute atomic E-state index is 0.140. The molecule has 160 valence electrons. The highest BCUT2D eigenvalue weighted by atomic mass is 32.2. The van der Waals surface area contributed by atoms with Crippen LogP contribution < -0.4 is 10.9 Å². The van der Waals surface area contributed by atoms with Gasteiger partial charge in [0.2, 0.25) is 10.0 Å². The van der Waals surface area contributed by atoms with Crippen molar-refractivity contribution in [2.24, 2.45) is 0 Å². The van der Waals surface area contributed by atoms with Gasteiger partial charge in [-0.1, -0.05) is 30.3 Å². The first kappa shape index (κ1) is 20.8. The molecule has 1 saturated heterocycles. The summed E-state index contributed by atoms with van der Waals surface area (Å²) < 4.78 is 26.6. The third kappa shape index (κ3) is 4.35. The van der Waals surface area contributed by atoms with Crippen molar-refractivity contribution < 1.29 is 18.0 Å². The molecule has 0 spiro atoms. The smallest absolute Gasteiger partial charge is 0.273 e. The Hall–Kier alpha value is -3.50. The third-order valence-electron chi connectivity index (χ3n) is 5.06. The number of rotatable bonds is 5. The lowest BCUT2D eigenvalue weighted by molar-refractivity contribution is 0.0847. The van der Waals surface area contributed by atoms with Gasteiger partial charge in [0.25, 0.3) is 11.8 Å². The molecule has 0 atom stereocenters. The van der Waals surface area contributed by atoms with Crippen molar-refractivity contribution in [3.05, 3.63) is 71.9 Å². The molecule has 1 aliphatic heterocycles. The van der Waals surface area contributed by atoms with Crippen LogP contribution >= 0.6 is 0 Å². The van der Waals surface area contributed by atoms with E-state index in [1.165, 1.54) is 34.8 Å². The largest absolute Gasteiger partial charge is 0.277 e. The van der Waals surface area contributed by atoms with Crippen molar-refractivity contribution >= 4 is 21.8 Å². The summed E-state index contributed by atoms with van der Waals surface area (Å²) in [7, 11) is -3.55. The van der Waals surface area contributed by atoms with Gasteiger partial charge in [-0.15, -0.1) is 0 Å². The number of hydrogen-bond donors (Lipinski definition) is 3. The molecule has 0 bridgehead atoms. The molecule has 0 aliphatic carbocycles. The quantitative estimate of drug-likeness (QED) is 0.524. The molecule has 4 rings (SSSR count). The van der Waals surface area contributed by atoms with Gasteiger partial charge >= 0.3 is 0 Å². The van der Waals surface area contributed by atoms with Crippen LogP contribution in [0.15, 0.2) is 65.7 Å². The molecule has 2 amide bonds. The van der Waals surface area contributed by atoms with Gasteiger partial charge in [0.05, 0.1) is 22.3 Å². The predicted molar refractivity (Wildman–Crippen MR) is 113 cm³/mol. The lowest BCUT2D eigenvalue weighted by Crippen LogP contribution is -2.41. The van der Waals surface area contributed by atoms with Crippen LogP contribution in [0.1, 0.15) is 33.6 Å². The van der Waals surface area contributed by atoms with E-state index in [0.717, 1.165) is 18.4 Å². The lowest BCUT2D eigenvalue weighted by atomic mass is 10.1. The van der Waals surface area contributed by atoms with Crippen molar-refractivity contribution in [2.75, 3.05) is 13.1 Å². The number of hydrogen-bond acceptors (Lipinski definition) is 5. The van der Waals surface area contributed by atoms with E-state index in [9.17, 15) is 18.0 Å². The fraction of sp³-hybridized carbons (Fsp3) is 0.190. The maximum Gasteiger partial charge on any atom is 0.273 e. The maximum atomic E-state index is 12.6. The van der Waals surface area contributed by atoms with Crippen molar-refractivity contribution in [1.29, 1.82) is 0 Å². The van der Waals surface area contributed by atoms with Gasteiger partial charge in [0.15, 0.2) is 0 Å². The standard InChI is InChI=1S/C21H21N5O4S/c27-20(16-8-10-17(11-9-16)31(29,30)26-12-4-5-13-26)24-25-21(28)18-14-22-23-19(18)15-6-2-1-3-7-15/h1-3,6-11,14H,4-5,12-13H2,(H,22,23)(H,24,27)(H,25,28). The van der Waals surface area contributed by atoms with Gasteiger partial charge in [0, 0.05) is 24.2 Å². The lowest BCUT2D eigenvalue weighted by Gasteiger charge is -2.15. The zero-order chi connectivity index (χ0) is 21.8. The van der Waals surface area contributed by atoms with Crippen LogP contribution in [0.4, 0.5) is 0 Å². The molecule has 2 aromatic carbocycles. The second-order valence-electron chi connectivity index (χ2n) is 7.07. The molecule has 1 aliphatic rings. The van der Waals surface area contributed by atoms with E-state index in [0.29, 0.717) is 18.8 Å². The number of aromatic amines is 1. The number of benzene rings is 2. The number of nitrogens with zero attached hydrogens (tertiary/aromatic N) is 2. The van der Waals surface area contributed by atoms with Crippen LogP contribution in [0.2, 0.25) is 0 Å². The minimum Gasteiger partial charge on any atom is -0.277 e. The number of sulfonamides is 1. The van der Waals surface area contributed by atoms with Crippen molar-refractivity contribution in [3.63, 3.8) is 0 Å². The number of amides is 2. The van der Waals surface area contributed by atoms with Crippen LogP contribution in [0, 0.1) is 0 Å². The summed E-state index contributed by atoms with van der Waals surface area (Å²) in [5, 5.41) is 6.69. The van der Waals surface area contributed by atoms with Gasteiger partial charge in [-0.3, -0.25) is 25.5 Å². The Labute approximate surface area is 179 Å². The molecule has 9 nitrogen and oxygen atoms in total. The molecule has 1 aromatic heterocycles. The van der Waals surface area contributed by atoms with Crippen LogP contribution in [0.25, 0.3) is 11.3 Å². The van der Waals surface area contributed by atoms with E-state index < -0.39 is 21.8 Å². The first-order valence-corrected chi connectivity index (χ1v) is 11.2. The summed E-state index contributed by atoms with van der Waals surface area (Å²) in [5.74, 6) is -1.10. The van der Waals surface area contributed by atoms with Gasteiger partial charge in [-0.25, -0.2) is 8.42 Å². The van der Waals surface area contributed by atoms with Crippen LogP contribution in [0.5, 0.6) is 0 Å². The number of hydrazine groups is 1. The summed E-state index contributed by atoms with van der Waals surface area (Å²) in [4.78, 5) is 25.0. The Kier molecular flexibility index (Phi) is 5.83. The number of aromatic nitrogens is 2. The molecule has 0 unspecified atom stereocenters. The average molecular weight is 439 g/mol. The maximum absolute atomic E-state index is 12.6. The first-order valence-electron chi connectivity index (χ1n) is 9.76. The molecule has 3 N–H and O–H groups in total. The summed E-state index contributed by atoms with van der Waals surface area (Å²) in [6, 6.07) is 14.8. The molecule has 2 heterocycles. The van der Waals surface area contributed by atoms with Gasteiger partial charge in [-0.2, -0.15) is 9.40 Å². The second-order valence-corrected chi connectivity index (χ2v) is 9.01. The Morgan fingerprint density at radius 2 is 1.55 bits per heavy atom. The van der Waals surface area contributed by atoms with E-state index in [1.54, 1.807) is 0 Å². The van der Waals surface area contributed by atoms with Crippen molar-refractivity contribution in [1.82, 2.24) is 25.4 Å². The molecule has 0 radical (unpaired) electrons. The molecule has 10 heteroatoms. The van der Waals surface area contributed by atoms with E-state index in [4.69, 9.17) is 0 Å². The first-order chi connectivity index (χ1) is 15.0. The molecular weight excluding hydrogens is 418 g/mol. The van der Waals surface area contributed by atoms with Gasteiger partial charge < -0.3 is 0 Å². The normalized spacial score (nSPS) is 14.3. The predicted octanol–water partition coefficient (Wildman–Crippen LogP) is 1.94. The molecule has 3 aromatic rings. The zero-order valence-corrected chi connectivity index (χ0v) is 17.4. The Balaban J connectivity index is 1.40. The summed E-state index contributed by atoms with van der Waals surface area (Å²) in [6.45, 7) is 1.02. The molecule has 0 saturated carbocycles. The minimum atomic E-state index is -3.55. The third-order valence-corrected chi connectivity index (χ3v) is 6.97. The highest BCUT2D eigenvalue weighted by Gasteiger charge is 2.27. The Bertz CT molecular complexity index is 1180. The SMILES string of the molecule is O=C(NNC(=O)c1cn[nH]c1-c1ccccc1)c1ccc(S(=O)(=O)N2CCCC2)cc1. The van der Waals surface area contributed by atoms with Crippen LogP contribution in [0.3, 0.4) is 0 Å². The summed E-state index contributed by atoms with van der Waals surface area (Å²) >= 11 is 0. The second kappa shape index (κ2) is 8.70. The summed E-state index contributed by atoms with van der Waals surface area (Å²) in [5.41, 5.74) is 6.51. The molecule has 1 fully saturated rings. The topological polar surface area (TPSA) is 124 Å². The fourth-order valence-corrected chi connectivity index (χ4v) is 4.91. The van der Waals surface area contributed by atoms with Gasteiger partial charge in [-0.05, 0) is 37.1 Å².